The molecule has 1 N–H and O–H groups in total. The van der Waals surface area contributed by atoms with Gasteiger partial charge < -0.3 is 9.52 Å². The van der Waals surface area contributed by atoms with E-state index in [-0.39, 0.29) is 6.10 Å². The molecule has 68 valence electrons. The highest BCUT2D eigenvalue weighted by atomic mass is 16.3. The third-order valence-corrected chi connectivity index (χ3v) is 2.25. The first-order valence-electron chi connectivity index (χ1n) is 4.44. The molecule has 0 saturated heterocycles. The van der Waals surface area contributed by atoms with Gasteiger partial charge in [-0.05, 0) is 25.0 Å². The molecule has 0 aromatic carbocycles. The number of hydrogen-bond acceptors (Lipinski definition) is 2. The molecule has 2 nitrogen and oxygen atoms in total. The van der Waals surface area contributed by atoms with Crippen molar-refractivity contribution in [1.82, 2.24) is 0 Å². The molecule has 0 fully saturated rings. The Morgan fingerprint density at radius 2 is 2.33 bits per heavy atom. The monoisotopic (exact) mass is 168 g/mol. The van der Waals surface area contributed by atoms with E-state index in [4.69, 9.17) is 4.42 Å². The number of hydrogen-bond donors (Lipinski definition) is 1. The van der Waals surface area contributed by atoms with Gasteiger partial charge in [-0.3, -0.25) is 0 Å². The van der Waals surface area contributed by atoms with Crippen LogP contribution < -0.4 is 0 Å². The van der Waals surface area contributed by atoms with E-state index in [1.165, 1.54) is 0 Å². The Labute approximate surface area is 73.2 Å². The van der Waals surface area contributed by atoms with E-state index >= 15 is 0 Å². The lowest BCUT2D eigenvalue weighted by atomic mass is 9.96. The number of furan rings is 1. The molecular formula is C10H16O2. The molecule has 1 aromatic heterocycles. The molecule has 2 unspecified atom stereocenters. The van der Waals surface area contributed by atoms with E-state index in [2.05, 4.69) is 6.92 Å². The van der Waals surface area contributed by atoms with Crippen molar-refractivity contribution in [3.05, 3.63) is 24.2 Å². The van der Waals surface area contributed by atoms with Gasteiger partial charge in [-0.1, -0.05) is 13.3 Å². The summed E-state index contributed by atoms with van der Waals surface area (Å²) in [6.45, 7) is 3.91. The molecule has 1 rings (SSSR count). The Morgan fingerprint density at radius 1 is 1.58 bits per heavy atom. The summed E-state index contributed by atoms with van der Waals surface area (Å²) in [6, 6.07) is 3.83. The van der Waals surface area contributed by atoms with Crippen LogP contribution in [0.25, 0.3) is 0 Å². The van der Waals surface area contributed by atoms with Gasteiger partial charge in [0.2, 0.25) is 0 Å². The lowest BCUT2D eigenvalue weighted by Gasteiger charge is -2.15. The van der Waals surface area contributed by atoms with Gasteiger partial charge in [0.05, 0.1) is 12.4 Å². The maximum atomic E-state index is 9.37. The fourth-order valence-electron chi connectivity index (χ4n) is 1.34. The van der Waals surface area contributed by atoms with Crippen molar-refractivity contribution in [2.45, 2.75) is 32.8 Å². The van der Waals surface area contributed by atoms with Crippen LogP contribution in [0.5, 0.6) is 0 Å². The standard InChI is InChI=1S/C10H16O2/c1-3-9(8(2)11)7-10-5-4-6-12-10/h4-6,8-9,11H,3,7H2,1-2H3. The summed E-state index contributed by atoms with van der Waals surface area (Å²) in [4.78, 5) is 0. The Morgan fingerprint density at radius 3 is 2.75 bits per heavy atom. The van der Waals surface area contributed by atoms with E-state index in [0.29, 0.717) is 5.92 Å². The van der Waals surface area contributed by atoms with Crippen LogP contribution in [0.15, 0.2) is 22.8 Å². The highest BCUT2D eigenvalue weighted by molar-refractivity contribution is 4.99. The van der Waals surface area contributed by atoms with E-state index in [1.54, 1.807) is 6.26 Å². The van der Waals surface area contributed by atoms with Crippen molar-refractivity contribution in [2.24, 2.45) is 5.92 Å². The van der Waals surface area contributed by atoms with Crippen LogP contribution in [0.4, 0.5) is 0 Å². The SMILES string of the molecule is CCC(Cc1ccco1)C(C)O. The van der Waals surface area contributed by atoms with Gasteiger partial charge in [0.15, 0.2) is 0 Å². The fraction of sp³-hybridized carbons (Fsp3) is 0.600. The summed E-state index contributed by atoms with van der Waals surface area (Å²) >= 11 is 0. The smallest absolute Gasteiger partial charge is 0.104 e. The zero-order chi connectivity index (χ0) is 8.97. The van der Waals surface area contributed by atoms with Crippen molar-refractivity contribution < 1.29 is 9.52 Å². The summed E-state index contributed by atoms with van der Waals surface area (Å²) in [5, 5.41) is 9.37. The van der Waals surface area contributed by atoms with Gasteiger partial charge in [-0.2, -0.15) is 0 Å². The van der Waals surface area contributed by atoms with Gasteiger partial charge in [0.25, 0.3) is 0 Å². The van der Waals surface area contributed by atoms with E-state index in [0.717, 1.165) is 18.6 Å². The highest BCUT2D eigenvalue weighted by Crippen LogP contribution is 2.15. The Balaban J connectivity index is 2.48. The second-order valence-corrected chi connectivity index (χ2v) is 3.19. The summed E-state index contributed by atoms with van der Waals surface area (Å²) in [5.74, 6) is 1.28. The van der Waals surface area contributed by atoms with E-state index in [9.17, 15) is 5.11 Å². The molecule has 2 heteroatoms. The van der Waals surface area contributed by atoms with Crippen molar-refractivity contribution >= 4 is 0 Å². The van der Waals surface area contributed by atoms with Crippen molar-refractivity contribution in [1.29, 1.82) is 0 Å². The van der Waals surface area contributed by atoms with Crippen LogP contribution in [0, 0.1) is 5.92 Å². The highest BCUT2D eigenvalue weighted by Gasteiger charge is 2.14. The van der Waals surface area contributed by atoms with Crippen LogP contribution in [0.3, 0.4) is 0 Å². The summed E-state index contributed by atoms with van der Waals surface area (Å²) in [6.07, 6.45) is 3.24. The third-order valence-electron chi connectivity index (χ3n) is 2.25. The van der Waals surface area contributed by atoms with Gasteiger partial charge >= 0.3 is 0 Å². The van der Waals surface area contributed by atoms with Crippen LogP contribution in [-0.4, -0.2) is 11.2 Å². The van der Waals surface area contributed by atoms with Crippen LogP contribution >= 0.6 is 0 Å². The van der Waals surface area contributed by atoms with Gasteiger partial charge in [0.1, 0.15) is 5.76 Å². The van der Waals surface area contributed by atoms with Crippen molar-refractivity contribution in [3.63, 3.8) is 0 Å². The van der Waals surface area contributed by atoms with Crippen LogP contribution in [0.1, 0.15) is 26.0 Å². The Kier molecular flexibility index (Phi) is 3.35. The molecule has 0 spiro atoms. The zero-order valence-electron chi connectivity index (χ0n) is 7.66. The number of aliphatic hydroxyl groups excluding tert-OH is 1. The largest absolute Gasteiger partial charge is 0.469 e. The first-order chi connectivity index (χ1) is 5.74. The lowest BCUT2D eigenvalue weighted by molar-refractivity contribution is 0.119. The molecule has 12 heavy (non-hydrogen) atoms. The maximum Gasteiger partial charge on any atom is 0.104 e. The second-order valence-electron chi connectivity index (χ2n) is 3.19. The molecule has 0 amide bonds. The maximum absolute atomic E-state index is 9.37. The molecular weight excluding hydrogens is 152 g/mol. The molecule has 0 radical (unpaired) electrons. The predicted octanol–water partition coefficient (Wildman–Crippen LogP) is 2.23. The molecule has 0 bridgehead atoms. The average molecular weight is 168 g/mol. The van der Waals surface area contributed by atoms with Crippen molar-refractivity contribution in [3.8, 4) is 0 Å². The molecule has 0 aliphatic rings. The van der Waals surface area contributed by atoms with Crippen LogP contribution in [0.2, 0.25) is 0 Å². The molecule has 0 saturated carbocycles. The van der Waals surface area contributed by atoms with Gasteiger partial charge in [-0.15, -0.1) is 0 Å². The predicted molar refractivity (Wildman–Crippen MR) is 47.9 cm³/mol. The normalized spacial score (nSPS) is 15.9. The number of aliphatic hydroxyl groups is 1. The number of rotatable bonds is 4. The summed E-state index contributed by atoms with van der Waals surface area (Å²) in [7, 11) is 0. The lowest BCUT2D eigenvalue weighted by Crippen LogP contribution is -2.17. The summed E-state index contributed by atoms with van der Waals surface area (Å²) in [5.41, 5.74) is 0. The quantitative estimate of drug-likeness (QED) is 0.747. The fourth-order valence-corrected chi connectivity index (χ4v) is 1.34. The molecule has 0 aliphatic carbocycles. The first-order valence-corrected chi connectivity index (χ1v) is 4.44. The Hall–Kier alpha value is -0.760. The molecule has 1 heterocycles. The molecule has 0 aliphatic heterocycles. The zero-order valence-corrected chi connectivity index (χ0v) is 7.66. The average Bonchev–Trinajstić information content (AvgIpc) is 2.51. The topological polar surface area (TPSA) is 33.4 Å². The van der Waals surface area contributed by atoms with E-state index in [1.807, 2.05) is 19.1 Å². The first kappa shape index (κ1) is 9.33. The van der Waals surface area contributed by atoms with Gasteiger partial charge in [0, 0.05) is 6.42 Å². The molecule has 2 atom stereocenters. The summed E-state index contributed by atoms with van der Waals surface area (Å²) < 4.78 is 5.20. The van der Waals surface area contributed by atoms with E-state index < -0.39 is 0 Å². The third kappa shape index (κ3) is 2.38. The van der Waals surface area contributed by atoms with Crippen LogP contribution in [-0.2, 0) is 6.42 Å². The minimum atomic E-state index is -0.250. The minimum absolute atomic E-state index is 0.250. The van der Waals surface area contributed by atoms with Gasteiger partial charge in [-0.25, -0.2) is 0 Å². The second kappa shape index (κ2) is 4.31. The Bertz CT molecular complexity index is 202. The molecule has 1 aromatic rings. The minimum Gasteiger partial charge on any atom is -0.469 e. The van der Waals surface area contributed by atoms with Crippen molar-refractivity contribution in [2.75, 3.05) is 0 Å².